The van der Waals surface area contributed by atoms with Crippen LogP contribution in [0.15, 0.2) is 0 Å². The number of rotatable bonds is 9. The van der Waals surface area contributed by atoms with Crippen molar-refractivity contribution in [2.75, 3.05) is 0 Å². The van der Waals surface area contributed by atoms with Crippen LogP contribution in [0.5, 0.6) is 0 Å². The molecule has 0 N–H and O–H groups in total. The van der Waals surface area contributed by atoms with E-state index in [0.717, 1.165) is 32.1 Å². The Kier molecular flexibility index (Phi) is 9.04. The van der Waals surface area contributed by atoms with Gasteiger partial charge in [0.1, 0.15) is 0 Å². The van der Waals surface area contributed by atoms with Gasteiger partial charge in [-0.15, -0.1) is 0 Å². The van der Waals surface area contributed by atoms with Crippen molar-refractivity contribution in [3.63, 3.8) is 0 Å². The molecule has 0 fully saturated rings. The molecule has 0 spiro atoms. The van der Waals surface area contributed by atoms with Gasteiger partial charge in [0.25, 0.3) is 0 Å². The van der Waals surface area contributed by atoms with E-state index in [1.54, 1.807) is 0 Å². The van der Waals surface area contributed by atoms with E-state index in [-0.39, 0.29) is 6.42 Å². The lowest BCUT2D eigenvalue weighted by atomic mass is 10.1. The van der Waals surface area contributed by atoms with Gasteiger partial charge in [0.15, 0.2) is 0 Å². The Labute approximate surface area is 94.2 Å². The lowest BCUT2D eigenvalue weighted by molar-refractivity contribution is -0.174. The Bertz CT molecular complexity index is 186. The highest BCUT2D eigenvalue weighted by molar-refractivity contribution is 5.69. The van der Waals surface area contributed by atoms with Gasteiger partial charge < -0.3 is 4.74 Å². The van der Waals surface area contributed by atoms with E-state index >= 15 is 0 Å². The van der Waals surface area contributed by atoms with Crippen molar-refractivity contribution in [2.24, 2.45) is 0 Å². The van der Waals surface area contributed by atoms with E-state index in [2.05, 4.69) is 11.7 Å². The number of ether oxygens (including phenoxy) is 1. The quantitative estimate of drug-likeness (QED) is 0.452. The van der Waals surface area contributed by atoms with Crippen LogP contribution in [-0.4, -0.2) is 18.8 Å². The molecule has 0 heterocycles. The van der Waals surface area contributed by atoms with Crippen LogP contribution in [0.3, 0.4) is 0 Å². The highest BCUT2D eigenvalue weighted by Crippen LogP contribution is 2.11. The van der Waals surface area contributed by atoms with Crippen molar-refractivity contribution in [3.8, 4) is 0 Å². The van der Waals surface area contributed by atoms with E-state index in [1.165, 1.54) is 0 Å². The summed E-state index contributed by atoms with van der Waals surface area (Å²) in [4.78, 5) is 10.9. The van der Waals surface area contributed by atoms with Gasteiger partial charge in [-0.05, 0) is 6.42 Å². The molecule has 0 aromatic carbocycles. The number of hydrogen-bond donors (Lipinski definition) is 0. The molecule has 0 aromatic rings. The van der Waals surface area contributed by atoms with Crippen LogP contribution in [0.25, 0.3) is 0 Å². The summed E-state index contributed by atoms with van der Waals surface area (Å²) in [6.45, 7) is 2.10. The first kappa shape index (κ1) is 15.3. The molecule has 0 saturated carbocycles. The third-order valence-electron chi connectivity index (χ3n) is 2.18. The topological polar surface area (TPSA) is 26.3 Å². The SMILES string of the molecule is CCCCCCCCC(=O)OC(F)C(F)F. The van der Waals surface area contributed by atoms with E-state index in [4.69, 9.17) is 0 Å². The number of unbranched alkanes of at least 4 members (excludes halogenated alkanes) is 5. The first-order valence-corrected chi connectivity index (χ1v) is 5.69. The van der Waals surface area contributed by atoms with Crippen molar-refractivity contribution in [2.45, 2.75) is 64.7 Å². The van der Waals surface area contributed by atoms with Crippen molar-refractivity contribution in [1.29, 1.82) is 0 Å². The summed E-state index contributed by atoms with van der Waals surface area (Å²) in [6, 6.07) is 0. The summed E-state index contributed by atoms with van der Waals surface area (Å²) in [6.07, 6.45) is -0.203. The number of alkyl halides is 3. The van der Waals surface area contributed by atoms with Crippen LogP contribution >= 0.6 is 0 Å². The standard InChI is InChI=1S/C11H19F3O2/c1-2-3-4-5-6-7-8-9(15)16-11(14)10(12)13/h10-11H,2-8H2,1H3. The van der Waals surface area contributed by atoms with Crippen molar-refractivity contribution >= 4 is 5.97 Å². The zero-order valence-corrected chi connectivity index (χ0v) is 9.55. The number of carbonyl (C=O) groups is 1. The largest absolute Gasteiger partial charge is 0.425 e. The fraction of sp³-hybridized carbons (Fsp3) is 0.909. The number of hydrogen-bond acceptors (Lipinski definition) is 2. The van der Waals surface area contributed by atoms with Gasteiger partial charge in [0, 0.05) is 6.42 Å². The van der Waals surface area contributed by atoms with Gasteiger partial charge in [-0.2, -0.15) is 4.39 Å². The van der Waals surface area contributed by atoms with Crippen molar-refractivity contribution in [1.82, 2.24) is 0 Å². The lowest BCUT2D eigenvalue weighted by Gasteiger charge is -2.08. The molecule has 0 bridgehead atoms. The molecule has 0 aliphatic carbocycles. The summed E-state index contributed by atoms with van der Waals surface area (Å²) in [5, 5.41) is 0. The molecule has 0 rings (SSSR count). The maximum Gasteiger partial charge on any atom is 0.308 e. The molecule has 0 aliphatic rings. The molecule has 2 nitrogen and oxygen atoms in total. The van der Waals surface area contributed by atoms with Gasteiger partial charge in [-0.3, -0.25) is 4.79 Å². The lowest BCUT2D eigenvalue weighted by Crippen LogP contribution is -2.20. The van der Waals surface area contributed by atoms with Gasteiger partial charge >= 0.3 is 18.8 Å². The van der Waals surface area contributed by atoms with E-state index in [1.807, 2.05) is 0 Å². The average molecular weight is 240 g/mol. The maximum atomic E-state index is 12.3. The number of esters is 1. The van der Waals surface area contributed by atoms with Gasteiger partial charge in [-0.1, -0.05) is 39.0 Å². The van der Waals surface area contributed by atoms with E-state index in [9.17, 15) is 18.0 Å². The highest BCUT2D eigenvalue weighted by atomic mass is 19.3. The molecule has 1 atom stereocenters. The zero-order valence-electron chi connectivity index (χ0n) is 9.55. The highest BCUT2D eigenvalue weighted by Gasteiger charge is 2.22. The Morgan fingerprint density at radius 1 is 1.06 bits per heavy atom. The second-order valence-electron chi connectivity index (χ2n) is 3.69. The number of carbonyl (C=O) groups excluding carboxylic acids is 1. The molecule has 96 valence electrons. The normalized spacial score (nSPS) is 12.8. The van der Waals surface area contributed by atoms with Crippen LogP contribution in [0.4, 0.5) is 13.2 Å². The first-order chi connectivity index (χ1) is 7.57. The maximum absolute atomic E-state index is 12.3. The first-order valence-electron chi connectivity index (χ1n) is 5.69. The van der Waals surface area contributed by atoms with Crippen LogP contribution in [0.1, 0.15) is 51.9 Å². The van der Waals surface area contributed by atoms with E-state index < -0.39 is 18.8 Å². The van der Waals surface area contributed by atoms with Crippen LogP contribution in [-0.2, 0) is 9.53 Å². The molecular weight excluding hydrogens is 221 g/mol. The van der Waals surface area contributed by atoms with Gasteiger partial charge in [0.2, 0.25) is 0 Å². The Morgan fingerprint density at radius 2 is 1.62 bits per heavy atom. The molecule has 0 saturated heterocycles. The fourth-order valence-electron chi connectivity index (χ4n) is 1.29. The molecule has 0 amide bonds. The zero-order chi connectivity index (χ0) is 12.4. The van der Waals surface area contributed by atoms with Gasteiger partial charge in [-0.25, -0.2) is 8.78 Å². The Morgan fingerprint density at radius 3 is 2.19 bits per heavy atom. The second kappa shape index (κ2) is 9.48. The number of halogens is 3. The Balaban J connectivity index is 3.37. The summed E-state index contributed by atoms with van der Waals surface area (Å²) >= 11 is 0. The summed E-state index contributed by atoms with van der Waals surface area (Å²) in [7, 11) is 0. The minimum absolute atomic E-state index is 0.0132. The molecule has 5 heteroatoms. The van der Waals surface area contributed by atoms with Crippen LogP contribution in [0.2, 0.25) is 0 Å². The molecule has 1 unspecified atom stereocenters. The monoisotopic (exact) mass is 240 g/mol. The second-order valence-corrected chi connectivity index (χ2v) is 3.69. The van der Waals surface area contributed by atoms with Gasteiger partial charge in [0.05, 0.1) is 0 Å². The van der Waals surface area contributed by atoms with Crippen molar-refractivity contribution < 1.29 is 22.7 Å². The minimum atomic E-state index is -3.26. The predicted molar refractivity (Wildman–Crippen MR) is 55.0 cm³/mol. The van der Waals surface area contributed by atoms with Crippen LogP contribution in [0, 0.1) is 0 Å². The molecular formula is C11H19F3O2. The molecule has 0 aromatic heterocycles. The molecule has 0 radical (unpaired) electrons. The summed E-state index contributed by atoms with van der Waals surface area (Å²) in [5.41, 5.74) is 0. The van der Waals surface area contributed by atoms with E-state index in [0.29, 0.717) is 6.42 Å². The fourth-order valence-corrected chi connectivity index (χ4v) is 1.29. The molecule has 16 heavy (non-hydrogen) atoms. The minimum Gasteiger partial charge on any atom is -0.425 e. The summed E-state index contributed by atoms with van der Waals surface area (Å²) in [5.74, 6) is -0.886. The third kappa shape index (κ3) is 8.56. The average Bonchev–Trinajstić information content (AvgIpc) is 2.23. The van der Waals surface area contributed by atoms with Crippen LogP contribution < -0.4 is 0 Å². The Hall–Kier alpha value is -0.740. The molecule has 0 aliphatic heterocycles. The smallest absolute Gasteiger partial charge is 0.308 e. The summed E-state index contributed by atoms with van der Waals surface area (Å²) < 4.78 is 39.5. The third-order valence-corrected chi connectivity index (χ3v) is 2.18. The van der Waals surface area contributed by atoms with Crippen molar-refractivity contribution in [3.05, 3.63) is 0 Å². The predicted octanol–water partition coefficient (Wildman–Crippen LogP) is 3.84.